The molecule has 0 spiro atoms. The summed E-state index contributed by atoms with van der Waals surface area (Å²) >= 11 is 1.54. The average molecular weight is 314 g/mol. The van der Waals surface area contributed by atoms with Gasteiger partial charge in [0.15, 0.2) is 5.78 Å². The molecule has 112 valence electrons. The van der Waals surface area contributed by atoms with Gasteiger partial charge in [-0.15, -0.1) is 11.3 Å². The van der Waals surface area contributed by atoms with E-state index < -0.39 is 0 Å². The highest BCUT2D eigenvalue weighted by atomic mass is 32.1. The van der Waals surface area contributed by atoms with E-state index >= 15 is 0 Å². The predicted octanol–water partition coefficient (Wildman–Crippen LogP) is 2.67. The Hall–Kier alpha value is -2.21. The van der Waals surface area contributed by atoms with Gasteiger partial charge in [0, 0.05) is 23.3 Å². The first kappa shape index (κ1) is 13.5. The summed E-state index contributed by atoms with van der Waals surface area (Å²) in [4.78, 5) is 33.0. The largest absolute Gasteiger partial charge is 0.442 e. The van der Waals surface area contributed by atoms with Crippen molar-refractivity contribution in [2.24, 2.45) is 0 Å². The monoisotopic (exact) mass is 314 g/mol. The molecule has 1 aliphatic carbocycles. The third kappa shape index (κ3) is 1.94. The van der Waals surface area contributed by atoms with Gasteiger partial charge in [-0.25, -0.2) is 0 Å². The van der Waals surface area contributed by atoms with Gasteiger partial charge in [0.2, 0.25) is 5.88 Å². The van der Waals surface area contributed by atoms with Crippen LogP contribution in [0.2, 0.25) is 0 Å². The molecule has 3 heterocycles. The highest BCUT2D eigenvalue weighted by molar-refractivity contribution is 7.10. The van der Waals surface area contributed by atoms with Crippen LogP contribution in [0.3, 0.4) is 0 Å². The first-order chi connectivity index (χ1) is 10.6. The minimum Gasteiger partial charge on any atom is -0.442 e. The number of allylic oxidation sites excluding steroid dienone is 2. The van der Waals surface area contributed by atoms with E-state index in [0.717, 1.165) is 17.7 Å². The summed E-state index contributed by atoms with van der Waals surface area (Å²) in [7, 11) is 0. The molecule has 5 nitrogen and oxygen atoms in total. The zero-order valence-electron chi connectivity index (χ0n) is 12.0. The number of nitrogens with zero attached hydrogens (tertiary/aromatic N) is 1. The molecule has 2 aromatic heterocycles. The molecule has 0 unspecified atom stereocenters. The van der Waals surface area contributed by atoms with Crippen molar-refractivity contribution in [3.63, 3.8) is 0 Å². The van der Waals surface area contributed by atoms with Crippen LogP contribution in [0.15, 0.2) is 33.6 Å². The molecule has 4 rings (SSSR count). The number of nitrogens with one attached hydrogen (secondary N) is 1. The number of carbonyl (C=O) groups excluding carboxylic acids is 1. The number of ketones is 1. The molecule has 0 aromatic carbocycles. The number of aromatic nitrogens is 2. The molecule has 22 heavy (non-hydrogen) atoms. The van der Waals surface area contributed by atoms with Gasteiger partial charge in [-0.2, -0.15) is 4.98 Å². The van der Waals surface area contributed by atoms with Gasteiger partial charge in [0.25, 0.3) is 5.56 Å². The molecule has 0 bridgehead atoms. The average Bonchev–Trinajstić information content (AvgIpc) is 2.99. The smallest absolute Gasteiger partial charge is 0.258 e. The Bertz CT molecular complexity index is 849. The fourth-order valence-corrected chi connectivity index (χ4v) is 4.01. The molecule has 0 saturated heterocycles. The number of hydrogen-bond donors (Lipinski definition) is 1. The maximum atomic E-state index is 12.5. The minimum atomic E-state index is -0.358. The molecule has 2 aliphatic rings. The fourth-order valence-electron chi connectivity index (χ4n) is 3.17. The van der Waals surface area contributed by atoms with Crippen molar-refractivity contribution in [1.82, 2.24) is 9.97 Å². The number of fused-ring (bicyclic) bond motifs is 1. The summed E-state index contributed by atoms with van der Waals surface area (Å²) in [5, 5.41) is 1.95. The molecule has 0 radical (unpaired) electrons. The molecule has 6 heteroatoms. The Balaban J connectivity index is 2.01. The quantitative estimate of drug-likeness (QED) is 0.878. The number of ether oxygens (including phenoxy) is 1. The van der Waals surface area contributed by atoms with E-state index in [1.54, 1.807) is 18.3 Å². The minimum absolute atomic E-state index is 0.0743. The van der Waals surface area contributed by atoms with Gasteiger partial charge in [0.1, 0.15) is 11.6 Å². The van der Waals surface area contributed by atoms with E-state index in [2.05, 4.69) is 9.97 Å². The van der Waals surface area contributed by atoms with Crippen LogP contribution in [-0.4, -0.2) is 15.8 Å². The second kappa shape index (κ2) is 4.91. The molecular weight excluding hydrogens is 300 g/mol. The van der Waals surface area contributed by atoms with Gasteiger partial charge < -0.3 is 9.72 Å². The Labute approximate surface area is 130 Å². The second-order valence-corrected chi connectivity index (χ2v) is 6.51. The number of H-pyrrole nitrogens is 1. The van der Waals surface area contributed by atoms with E-state index in [4.69, 9.17) is 4.74 Å². The molecule has 0 amide bonds. The number of rotatable bonds is 1. The predicted molar refractivity (Wildman–Crippen MR) is 82.3 cm³/mol. The van der Waals surface area contributed by atoms with E-state index in [1.807, 2.05) is 17.5 Å². The van der Waals surface area contributed by atoms with Crippen molar-refractivity contribution in [2.75, 3.05) is 0 Å². The Morgan fingerprint density at radius 1 is 1.36 bits per heavy atom. The van der Waals surface area contributed by atoms with Gasteiger partial charge in [-0.05, 0) is 24.8 Å². The van der Waals surface area contributed by atoms with Crippen LogP contribution in [0, 0.1) is 6.92 Å². The Morgan fingerprint density at radius 3 is 3.00 bits per heavy atom. The summed E-state index contributed by atoms with van der Waals surface area (Å²) in [6, 6.07) is 3.88. The zero-order valence-corrected chi connectivity index (χ0v) is 12.8. The number of Topliss-reactive ketones (excluding diaryl/α,β-unsaturated/α-hetero) is 1. The molecule has 0 saturated carbocycles. The first-order valence-corrected chi connectivity index (χ1v) is 8.11. The maximum Gasteiger partial charge on any atom is 0.258 e. The van der Waals surface area contributed by atoms with Gasteiger partial charge >= 0.3 is 0 Å². The molecule has 1 atom stereocenters. The van der Waals surface area contributed by atoms with Crippen LogP contribution in [0.1, 0.15) is 41.4 Å². The van der Waals surface area contributed by atoms with E-state index in [9.17, 15) is 9.59 Å². The summed E-state index contributed by atoms with van der Waals surface area (Å²) < 4.78 is 5.83. The number of carbonyl (C=O) groups is 1. The van der Waals surface area contributed by atoms with Crippen LogP contribution in [-0.2, 0) is 4.79 Å². The van der Waals surface area contributed by atoms with Crippen LogP contribution >= 0.6 is 11.3 Å². The number of hydrogen-bond acceptors (Lipinski definition) is 5. The van der Waals surface area contributed by atoms with E-state index in [1.165, 1.54) is 0 Å². The van der Waals surface area contributed by atoms with Gasteiger partial charge in [-0.1, -0.05) is 6.07 Å². The normalized spacial score (nSPS) is 20.4. The highest BCUT2D eigenvalue weighted by Crippen LogP contribution is 2.45. The molecule has 1 N–H and O–H groups in total. The van der Waals surface area contributed by atoms with Crippen molar-refractivity contribution in [3.05, 3.63) is 55.5 Å². The summed E-state index contributed by atoms with van der Waals surface area (Å²) in [6.45, 7) is 1.72. The van der Waals surface area contributed by atoms with Crippen molar-refractivity contribution in [1.29, 1.82) is 0 Å². The summed E-state index contributed by atoms with van der Waals surface area (Å²) in [6.07, 6.45) is 2.01. The lowest BCUT2D eigenvalue weighted by Gasteiger charge is -2.30. The summed E-state index contributed by atoms with van der Waals surface area (Å²) in [5.41, 5.74) is 0.852. The van der Waals surface area contributed by atoms with Crippen molar-refractivity contribution in [2.45, 2.75) is 32.1 Å². The van der Waals surface area contributed by atoms with Crippen molar-refractivity contribution < 1.29 is 9.53 Å². The fraction of sp³-hybridized carbons (Fsp3) is 0.312. The lowest BCUT2D eigenvalue weighted by Crippen LogP contribution is -2.31. The first-order valence-electron chi connectivity index (χ1n) is 7.23. The standard InChI is InChI=1S/C16H14N2O3S/c1-8-17-15(20)14-13(11-6-3-7-22-11)12-9(19)4-2-5-10(12)21-16(14)18-8/h3,6-7,13H,2,4-5H2,1H3,(H,17,18,20)/t13-/m0/s1. The molecule has 0 fully saturated rings. The van der Waals surface area contributed by atoms with Crippen LogP contribution in [0.25, 0.3) is 0 Å². The summed E-state index contributed by atoms with van der Waals surface area (Å²) in [5.74, 6) is 1.25. The van der Waals surface area contributed by atoms with E-state index in [-0.39, 0.29) is 17.3 Å². The number of aromatic amines is 1. The number of thiophene rings is 1. The van der Waals surface area contributed by atoms with Gasteiger partial charge in [0.05, 0.1) is 11.5 Å². The van der Waals surface area contributed by atoms with Crippen molar-refractivity contribution in [3.8, 4) is 5.88 Å². The third-order valence-electron chi connectivity index (χ3n) is 4.07. The van der Waals surface area contributed by atoms with Crippen molar-refractivity contribution >= 4 is 17.1 Å². The molecule has 2 aromatic rings. The second-order valence-electron chi connectivity index (χ2n) is 5.53. The molecule has 1 aliphatic heterocycles. The lowest BCUT2D eigenvalue weighted by atomic mass is 9.81. The zero-order chi connectivity index (χ0) is 15.3. The number of aryl methyl sites for hydroxylation is 1. The van der Waals surface area contributed by atoms with Crippen LogP contribution in [0.5, 0.6) is 5.88 Å². The molecular formula is C16H14N2O3S. The SMILES string of the molecule is Cc1nc2c(c(=O)[nH]1)[C@@H](c1cccs1)C1=C(CCCC1=O)O2. The van der Waals surface area contributed by atoms with E-state index in [0.29, 0.717) is 35.0 Å². The topological polar surface area (TPSA) is 72.0 Å². The van der Waals surface area contributed by atoms with Crippen LogP contribution < -0.4 is 10.3 Å². The maximum absolute atomic E-state index is 12.5. The Morgan fingerprint density at radius 2 is 2.23 bits per heavy atom. The highest BCUT2D eigenvalue weighted by Gasteiger charge is 2.39. The lowest BCUT2D eigenvalue weighted by molar-refractivity contribution is -0.116. The van der Waals surface area contributed by atoms with Gasteiger partial charge in [-0.3, -0.25) is 9.59 Å². The third-order valence-corrected chi connectivity index (χ3v) is 5.01. The Kier molecular flexibility index (Phi) is 3.00. The van der Waals surface area contributed by atoms with Crippen LogP contribution in [0.4, 0.5) is 0 Å².